The molecule has 0 atom stereocenters. The lowest BCUT2D eigenvalue weighted by molar-refractivity contribution is 0.172. The molecule has 0 unspecified atom stereocenters. The summed E-state index contributed by atoms with van der Waals surface area (Å²) in [4.78, 5) is 15.5. The van der Waals surface area contributed by atoms with Crippen molar-refractivity contribution in [2.75, 3.05) is 45.1 Å². The van der Waals surface area contributed by atoms with Crippen molar-refractivity contribution in [3.8, 4) is 5.75 Å². The zero-order valence-electron chi connectivity index (χ0n) is 17.0. The van der Waals surface area contributed by atoms with Crippen molar-refractivity contribution < 1.29 is 19.0 Å². The van der Waals surface area contributed by atoms with Gasteiger partial charge < -0.3 is 24.8 Å². The number of rotatable bonds is 9. The fourth-order valence-corrected chi connectivity index (χ4v) is 2.43. The van der Waals surface area contributed by atoms with Gasteiger partial charge in [0.15, 0.2) is 5.96 Å². The Bertz CT molecular complexity index is 794. The lowest BCUT2D eigenvalue weighted by Crippen LogP contribution is -2.30. The molecule has 0 heterocycles. The van der Waals surface area contributed by atoms with E-state index >= 15 is 0 Å². The molecule has 3 N–H and O–H groups in total. The van der Waals surface area contributed by atoms with Crippen molar-refractivity contribution in [3.05, 3.63) is 54.1 Å². The van der Waals surface area contributed by atoms with Crippen molar-refractivity contribution in [1.82, 2.24) is 5.32 Å². The van der Waals surface area contributed by atoms with Crippen LogP contribution in [0.15, 0.2) is 53.5 Å². The topological polar surface area (TPSA) is 93.2 Å². The minimum absolute atomic E-state index is 0.495. The highest BCUT2D eigenvalue weighted by molar-refractivity contribution is 5.93. The van der Waals surface area contributed by atoms with Gasteiger partial charge in [0.05, 0.1) is 13.7 Å². The number of nitrogens with zero attached hydrogens (tertiary/aromatic N) is 1. The maximum absolute atomic E-state index is 11.2. The van der Waals surface area contributed by atoms with E-state index in [4.69, 9.17) is 9.47 Å². The summed E-state index contributed by atoms with van der Waals surface area (Å²) in [5, 5.41) is 9.12. The van der Waals surface area contributed by atoms with Gasteiger partial charge in [-0.2, -0.15) is 0 Å². The third-order valence-electron chi connectivity index (χ3n) is 3.93. The van der Waals surface area contributed by atoms with E-state index in [1.807, 2.05) is 48.5 Å². The first-order chi connectivity index (χ1) is 14.1. The first-order valence-electron chi connectivity index (χ1n) is 9.28. The standard InChI is InChI=1S/C21H28N4O4/c1-22-20(23-15-16-8-10-17(11-9-16)25-21(26)28-3)24-18-6-4-7-19(14-18)29-13-5-12-27-2/h4,6-11,14H,5,12-13,15H2,1-3H3,(H,25,26)(H2,22,23,24). The normalized spacial score (nSPS) is 10.9. The SMILES string of the molecule is CN=C(NCc1ccc(NC(=O)OC)cc1)Nc1cccc(OCCCOC)c1. The summed E-state index contributed by atoms with van der Waals surface area (Å²) in [6.45, 7) is 1.85. The van der Waals surface area contributed by atoms with Crippen LogP contribution in [0.4, 0.5) is 16.2 Å². The van der Waals surface area contributed by atoms with E-state index in [1.54, 1.807) is 14.2 Å². The number of nitrogens with one attached hydrogen (secondary N) is 3. The van der Waals surface area contributed by atoms with E-state index in [9.17, 15) is 4.79 Å². The van der Waals surface area contributed by atoms with Gasteiger partial charge in [-0.25, -0.2) is 4.79 Å². The monoisotopic (exact) mass is 400 g/mol. The van der Waals surface area contributed by atoms with Gasteiger partial charge in [-0.3, -0.25) is 10.3 Å². The number of carbonyl (C=O) groups is 1. The minimum atomic E-state index is -0.495. The van der Waals surface area contributed by atoms with Crippen LogP contribution in [0.5, 0.6) is 5.75 Å². The molecule has 156 valence electrons. The molecule has 0 aromatic heterocycles. The summed E-state index contributed by atoms with van der Waals surface area (Å²) in [7, 11) is 4.72. The molecule has 1 amide bonds. The van der Waals surface area contributed by atoms with E-state index in [2.05, 4.69) is 25.7 Å². The molecule has 0 spiro atoms. The zero-order valence-corrected chi connectivity index (χ0v) is 17.0. The van der Waals surface area contributed by atoms with Crippen molar-refractivity contribution in [1.29, 1.82) is 0 Å². The molecule has 0 aliphatic carbocycles. The Morgan fingerprint density at radius 2 is 1.79 bits per heavy atom. The summed E-state index contributed by atoms with van der Waals surface area (Å²) >= 11 is 0. The maximum atomic E-state index is 11.2. The summed E-state index contributed by atoms with van der Waals surface area (Å²) in [6, 6.07) is 15.2. The zero-order chi connectivity index (χ0) is 20.9. The molecule has 0 saturated heterocycles. The van der Waals surface area contributed by atoms with E-state index in [0.29, 0.717) is 31.4 Å². The molecule has 2 rings (SSSR count). The third-order valence-corrected chi connectivity index (χ3v) is 3.93. The molecule has 0 bridgehead atoms. The van der Waals surface area contributed by atoms with Gasteiger partial charge in [0.2, 0.25) is 0 Å². The average molecular weight is 400 g/mol. The van der Waals surface area contributed by atoms with Gasteiger partial charge in [0.1, 0.15) is 5.75 Å². The molecular formula is C21H28N4O4. The molecule has 0 radical (unpaired) electrons. The molecule has 8 nitrogen and oxygen atoms in total. The average Bonchev–Trinajstić information content (AvgIpc) is 2.75. The fraction of sp³-hybridized carbons (Fsp3) is 0.333. The van der Waals surface area contributed by atoms with Gasteiger partial charge in [-0.15, -0.1) is 0 Å². The minimum Gasteiger partial charge on any atom is -0.493 e. The molecule has 0 aliphatic rings. The Hall–Kier alpha value is -3.26. The van der Waals surface area contributed by atoms with Crippen molar-refractivity contribution in [3.63, 3.8) is 0 Å². The van der Waals surface area contributed by atoms with Crippen LogP contribution >= 0.6 is 0 Å². The number of benzene rings is 2. The van der Waals surface area contributed by atoms with Crippen LogP contribution in [0.1, 0.15) is 12.0 Å². The van der Waals surface area contributed by atoms with Crippen LogP contribution in [0, 0.1) is 0 Å². The first-order valence-corrected chi connectivity index (χ1v) is 9.28. The number of amides is 1. The van der Waals surface area contributed by atoms with Gasteiger partial charge in [-0.1, -0.05) is 18.2 Å². The quantitative estimate of drug-likeness (QED) is 0.339. The third kappa shape index (κ3) is 8.10. The largest absolute Gasteiger partial charge is 0.493 e. The summed E-state index contributed by atoms with van der Waals surface area (Å²) < 4.78 is 15.3. The number of aliphatic imine (C=N–C) groups is 1. The highest BCUT2D eigenvalue weighted by Gasteiger charge is 2.03. The van der Waals surface area contributed by atoms with Crippen molar-refractivity contribution in [2.24, 2.45) is 4.99 Å². The molecule has 2 aromatic rings. The molecule has 8 heteroatoms. The smallest absolute Gasteiger partial charge is 0.411 e. The first kappa shape index (κ1) is 22.0. The number of carbonyl (C=O) groups excluding carboxylic acids is 1. The lowest BCUT2D eigenvalue weighted by Gasteiger charge is -2.13. The van der Waals surface area contributed by atoms with E-state index < -0.39 is 6.09 Å². The van der Waals surface area contributed by atoms with Crippen LogP contribution < -0.4 is 20.7 Å². The highest BCUT2D eigenvalue weighted by atomic mass is 16.5. The van der Waals surface area contributed by atoms with E-state index in [-0.39, 0.29) is 0 Å². The maximum Gasteiger partial charge on any atom is 0.411 e. The number of hydrogen-bond donors (Lipinski definition) is 3. The predicted molar refractivity (Wildman–Crippen MR) is 115 cm³/mol. The second-order valence-corrected chi connectivity index (χ2v) is 6.09. The van der Waals surface area contributed by atoms with Crippen LogP contribution in [0.2, 0.25) is 0 Å². The number of hydrogen-bond acceptors (Lipinski definition) is 5. The van der Waals surface area contributed by atoms with Crippen LogP contribution in [-0.2, 0) is 16.0 Å². The highest BCUT2D eigenvalue weighted by Crippen LogP contribution is 2.17. The molecule has 0 aliphatic heterocycles. The van der Waals surface area contributed by atoms with Gasteiger partial charge in [0.25, 0.3) is 0 Å². The number of guanidine groups is 1. The summed E-state index contributed by atoms with van der Waals surface area (Å²) in [5.74, 6) is 1.42. The van der Waals surface area contributed by atoms with Crippen molar-refractivity contribution >= 4 is 23.4 Å². The second kappa shape index (κ2) is 12.2. The molecular weight excluding hydrogens is 372 g/mol. The Kier molecular flexibility index (Phi) is 9.31. The van der Waals surface area contributed by atoms with Gasteiger partial charge in [0, 0.05) is 51.2 Å². The summed E-state index contributed by atoms with van der Waals surface area (Å²) in [5.41, 5.74) is 2.59. The molecule has 0 saturated carbocycles. The predicted octanol–water partition coefficient (Wildman–Crippen LogP) is 3.47. The molecule has 2 aromatic carbocycles. The van der Waals surface area contributed by atoms with Crippen molar-refractivity contribution in [2.45, 2.75) is 13.0 Å². The Morgan fingerprint density at radius 1 is 1.00 bits per heavy atom. The number of methoxy groups -OCH3 is 2. The number of ether oxygens (including phenoxy) is 3. The Morgan fingerprint density at radius 3 is 2.48 bits per heavy atom. The molecule has 0 fully saturated rings. The summed E-state index contributed by atoms with van der Waals surface area (Å²) in [6.07, 6.45) is 0.344. The van der Waals surface area contributed by atoms with Gasteiger partial charge in [-0.05, 0) is 29.8 Å². The van der Waals surface area contributed by atoms with Gasteiger partial charge >= 0.3 is 6.09 Å². The van der Waals surface area contributed by atoms with E-state index in [0.717, 1.165) is 23.4 Å². The lowest BCUT2D eigenvalue weighted by atomic mass is 10.2. The van der Waals surface area contributed by atoms with E-state index in [1.165, 1.54) is 7.11 Å². The second-order valence-electron chi connectivity index (χ2n) is 6.09. The Balaban J connectivity index is 1.85. The van der Waals surface area contributed by atoms with Crippen LogP contribution in [0.25, 0.3) is 0 Å². The van der Waals surface area contributed by atoms with Crippen LogP contribution in [-0.4, -0.2) is 46.5 Å². The fourth-order valence-electron chi connectivity index (χ4n) is 2.43. The van der Waals surface area contributed by atoms with Crippen LogP contribution in [0.3, 0.4) is 0 Å². The Labute approximate surface area is 171 Å². The number of anilines is 2. The molecule has 29 heavy (non-hydrogen) atoms.